The van der Waals surface area contributed by atoms with Gasteiger partial charge in [-0.2, -0.15) is 0 Å². The number of nitrogens with one attached hydrogen (secondary N) is 1. The number of piperazine rings is 1. The van der Waals surface area contributed by atoms with Crippen molar-refractivity contribution in [3.05, 3.63) is 46.2 Å². The van der Waals surface area contributed by atoms with Crippen molar-refractivity contribution in [1.29, 1.82) is 0 Å². The summed E-state index contributed by atoms with van der Waals surface area (Å²) in [5.74, 6) is 0.399. The molecule has 2 heterocycles. The third-order valence-corrected chi connectivity index (χ3v) is 5.69. The molecule has 1 atom stereocenters. The van der Waals surface area contributed by atoms with Crippen molar-refractivity contribution >= 4 is 41.8 Å². The summed E-state index contributed by atoms with van der Waals surface area (Å²) >= 11 is 1.76. The Balaban J connectivity index is 0.00000169. The monoisotopic (exact) mass is 417 g/mol. The van der Waals surface area contributed by atoms with Gasteiger partial charge in [0.25, 0.3) is 0 Å². The number of phenols is 1. The minimum atomic E-state index is 0. The number of hydrogen-bond acceptors (Lipinski definition) is 5. The van der Waals surface area contributed by atoms with Gasteiger partial charge >= 0.3 is 0 Å². The fraction of sp³-hybridized carbons (Fsp3) is 0.474. The number of hydrogen-bond donors (Lipinski definition) is 2. The third kappa shape index (κ3) is 5.05. The van der Waals surface area contributed by atoms with Crippen LogP contribution in [0.25, 0.3) is 0 Å². The van der Waals surface area contributed by atoms with Crippen LogP contribution in [-0.2, 0) is 0 Å². The van der Waals surface area contributed by atoms with Crippen molar-refractivity contribution in [2.24, 2.45) is 0 Å². The molecule has 0 amide bonds. The molecule has 2 N–H and O–H groups in total. The van der Waals surface area contributed by atoms with E-state index in [1.54, 1.807) is 11.3 Å². The molecular weight excluding hydrogens is 389 g/mol. The first kappa shape index (κ1) is 23.1. The Bertz CT molecular complexity index is 644. The Morgan fingerprint density at radius 3 is 2.38 bits per heavy atom. The van der Waals surface area contributed by atoms with Crippen LogP contribution in [0, 0.1) is 0 Å². The Kier molecular flexibility index (Phi) is 9.75. The smallest absolute Gasteiger partial charge is 0.122 e. The highest BCUT2D eigenvalue weighted by Gasteiger charge is 2.27. The summed E-state index contributed by atoms with van der Waals surface area (Å²) in [4.78, 5) is 6.02. The number of aromatic hydroxyl groups is 1. The minimum Gasteiger partial charge on any atom is -0.508 e. The molecule has 26 heavy (non-hydrogen) atoms. The molecule has 1 aromatic heterocycles. The van der Waals surface area contributed by atoms with Gasteiger partial charge in [0.05, 0.1) is 6.04 Å². The van der Waals surface area contributed by atoms with Gasteiger partial charge in [0.15, 0.2) is 0 Å². The van der Waals surface area contributed by atoms with Crippen LogP contribution in [0.4, 0.5) is 5.69 Å². The Morgan fingerprint density at radius 1 is 1.15 bits per heavy atom. The zero-order chi connectivity index (χ0) is 16.9. The number of benzene rings is 1. The second kappa shape index (κ2) is 11.0. The lowest BCUT2D eigenvalue weighted by Gasteiger charge is -2.35. The van der Waals surface area contributed by atoms with Crippen molar-refractivity contribution in [3.63, 3.8) is 0 Å². The fourth-order valence-corrected chi connectivity index (χ4v) is 4.34. The zero-order valence-electron chi connectivity index (χ0n) is 15.4. The second-order valence-corrected chi connectivity index (χ2v) is 7.10. The van der Waals surface area contributed by atoms with Crippen LogP contribution in [0.2, 0.25) is 0 Å². The Labute approximate surface area is 173 Å². The minimum absolute atomic E-state index is 0. The predicted octanol–water partition coefficient (Wildman–Crippen LogP) is 4.14. The molecule has 7 heteroatoms. The molecule has 4 nitrogen and oxygen atoms in total. The lowest BCUT2D eigenvalue weighted by molar-refractivity contribution is 0.198. The van der Waals surface area contributed by atoms with Gasteiger partial charge in [-0.3, -0.25) is 4.90 Å². The molecule has 1 aliphatic rings. The average molecular weight is 418 g/mol. The van der Waals surface area contributed by atoms with Gasteiger partial charge in [-0.25, -0.2) is 0 Å². The molecule has 1 aliphatic heterocycles. The van der Waals surface area contributed by atoms with Crippen LogP contribution >= 0.6 is 36.2 Å². The summed E-state index contributed by atoms with van der Waals surface area (Å²) in [5, 5.41) is 16.3. The summed E-state index contributed by atoms with van der Waals surface area (Å²) in [5.41, 5.74) is 2.10. The number of rotatable bonds is 6. The molecule has 1 fully saturated rings. The van der Waals surface area contributed by atoms with Crippen molar-refractivity contribution in [3.8, 4) is 5.75 Å². The molecule has 1 saturated heterocycles. The van der Waals surface area contributed by atoms with Gasteiger partial charge < -0.3 is 15.3 Å². The van der Waals surface area contributed by atoms with E-state index < -0.39 is 0 Å². The maximum atomic E-state index is 10.8. The SMILES string of the molecule is CCN(CC)c1ccc([C@H](c2cccs2)N2CCNCC2)c(O)c1.Cl.Cl. The summed E-state index contributed by atoms with van der Waals surface area (Å²) in [7, 11) is 0. The molecule has 0 unspecified atom stereocenters. The first-order valence-corrected chi connectivity index (χ1v) is 9.68. The quantitative estimate of drug-likeness (QED) is 0.740. The van der Waals surface area contributed by atoms with E-state index in [9.17, 15) is 5.11 Å². The highest BCUT2D eigenvalue weighted by atomic mass is 35.5. The second-order valence-electron chi connectivity index (χ2n) is 6.12. The lowest BCUT2D eigenvalue weighted by Crippen LogP contribution is -2.45. The van der Waals surface area contributed by atoms with Gasteiger partial charge in [-0.1, -0.05) is 12.1 Å². The fourth-order valence-electron chi connectivity index (χ4n) is 3.47. The first-order chi connectivity index (χ1) is 11.7. The largest absolute Gasteiger partial charge is 0.508 e. The van der Waals surface area contributed by atoms with E-state index in [1.807, 2.05) is 6.07 Å². The van der Waals surface area contributed by atoms with Crippen molar-refractivity contribution in [1.82, 2.24) is 10.2 Å². The standard InChI is InChI=1S/C19H27N3OS.2ClH/c1-3-21(4-2)15-7-8-16(17(23)14-15)19(18-6-5-13-24-18)22-11-9-20-10-12-22;;/h5-8,13-14,19-20,23H,3-4,9-12H2,1-2H3;2*1H/t19-;;/m1../s1. The van der Waals surface area contributed by atoms with Crippen LogP contribution in [0.1, 0.15) is 30.3 Å². The Morgan fingerprint density at radius 2 is 1.85 bits per heavy atom. The van der Waals surface area contributed by atoms with Gasteiger partial charge in [-0.05, 0) is 31.4 Å². The molecule has 2 aromatic rings. The lowest BCUT2D eigenvalue weighted by atomic mass is 10.0. The number of thiophene rings is 1. The van der Waals surface area contributed by atoms with Crippen molar-refractivity contribution in [2.45, 2.75) is 19.9 Å². The van der Waals surface area contributed by atoms with E-state index in [-0.39, 0.29) is 30.9 Å². The van der Waals surface area contributed by atoms with Gasteiger partial charge in [0.1, 0.15) is 5.75 Å². The molecule has 1 aromatic carbocycles. The van der Waals surface area contributed by atoms with E-state index in [2.05, 4.69) is 58.6 Å². The van der Waals surface area contributed by atoms with Crippen LogP contribution in [-0.4, -0.2) is 49.3 Å². The molecule has 0 radical (unpaired) electrons. The highest BCUT2D eigenvalue weighted by molar-refractivity contribution is 7.10. The molecular formula is C19H29Cl2N3OS. The van der Waals surface area contributed by atoms with Crippen LogP contribution in [0.15, 0.2) is 35.7 Å². The van der Waals surface area contributed by atoms with Gasteiger partial charge in [0.2, 0.25) is 0 Å². The van der Waals surface area contributed by atoms with Crippen LogP contribution in [0.5, 0.6) is 5.75 Å². The molecule has 0 aliphatic carbocycles. The Hall–Kier alpha value is -0.980. The number of halogens is 2. The highest BCUT2D eigenvalue weighted by Crippen LogP contribution is 2.38. The van der Waals surface area contributed by atoms with E-state index in [0.29, 0.717) is 5.75 Å². The summed E-state index contributed by atoms with van der Waals surface area (Å²) in [6.07, 6.45) is 0. The van der Waals surface area contributed by atoms with Crippen molar-refractivity contribution < 1.29 is 5.11 Å². The molecule has 0 spiro atoms. The van der Waals surface area contributed by atoms with Gasteiger partial charge in [-0.15, -0.1) is 36.2 Å². The maximum Gasteiger partial charge on any atom is 0.122 e. The summed E-state index contributed by atoms with van der Waals surface area (Å²) in [6.45, 7) is 10.2. The molecule has 146 valence electrons. The maximum absolute atomic E-state index is 10.8. The third-order valence-electron chi connectivity index (χ3n) is 4.77. The first-order valence-electron chi connectivity index (χ1n) is 8.80. The van der Waals surface area contributed by atoms with Crippen LogP contribution in [0.3, 0.4) is 0 Å². The topological polar surface area (TPSA) is 38.7 Å². The molecule has 0 bridgehead atoms. The zero-order valence-corrected chi connectivity index (χ0v) is 17.8. The number of anilines is 1. The normalized spacial score (nSPS) is 15.6. The van der Waals surface area contributed by atoms with E-state index in [1.165, 1.54) is 4.88 Å². The van der Waals surface area contributed by atoms with Crippen molar-refractivity contribution in [2.75, 3.05) is 44.2 Å². The van der Waals surface area contributed by atoms with E-state index in [4.69, 9.17) is 0 Å². The summed E-state index contributed by atoms with van der Waals surface area (Å²) < 4.78 is 0. The van der Waals surface area contributed by atoms with Crippen LogP contribution < -0.4 is 10.2 Å². The molecule has 0 saturated carbocycles. The van der Waals surface area contributed by atoms with Gasteiger partial charge in [0, 0.05) is 61.5 Å². The number of nitrogens with zero attached hydrogens (tertiary/aromatic N) is 2. The van der Waals surface area contributed by atoms with E-state index in [0.717, 1.165) is 50.5 Å². The van der Waals surface area contributed by atoms with E-state index >= 15 is 0 Å². The molecule has 3 rings (SSSR count). The summed E-state index contributed by atoms with van der Waals surface area (Å²) in [6, 6.07) is 10.6. The predicted molar refractivity (Wildman–Crippen MR) is 117 cm³/mol. The average Bonchev–Trinajstić information content (AvgIpc) is 3.13. The number of phenolic OH excluding ortho intramolecular Hbond substituents is 1.